The molecule has 1 heterocycles. The maximum Gasteiger partial charge on any atom is 0.255 e. The second-order valence-electron chi connectivity index (χ2n) is 3.45. The van der Waals surface area contributed by atoms with E-state index in [9.17, 15) is 4.79 Å². The number of hydrogen-bond donors (Lipinski definition) is 1. The third kappa shape index (κ3) is 2.42. The quantitative estimate of drug-likeness (QED) is 0.830. The lowest BCUT2D eigenvalue weighted by Crippen LogP contribution is -2.12. The topological polar surface area (TPSA) is 54.9 Å². The van der Waals surface area contributed by atoms with Crippen molar-refractivity contribution < 1.29 is 4.79 Å². The Morgan fingerprint density at radius 1 is 1.25 bits per heavy atom. The van der Waals surface area contributed by atoms with Gasteiger partial charge in [0.2, 0.25) is 0 Å². The minimum absolute atomic E-state index is 0.154. The van der Waals surface area contributed by atoms with E-state index in [-0.39, 0.29) is 5.91 Å². The van der Waals surface area contributed by atoms with Gasteiger partial charge in [-0.15, -0.1) is 0 Å². The molecule has 0 fully saturated rings. The Morgan fingerprint density at radius 3 is 2.69 bits per heavy atom. The van der Waals surface area contributed by atoms with E-state index < -0.39 is 0 Å². The van der Waals surface area contributed by atoms with Crippen LogP contribution in [0.4, 0.5) is 5.69 Å². The molecule has 80 valence electrons. The minimum atomic E-state index is -0.154. The standard InChI is InChI=1S/C12H11N3O/c1-9-3-2-4-10(5-9)12(16)15-11-6-13-8-14-7-11/h2-8H,1H3,(H,15,16). The van der Waals surface area contributed by atoms with Gasteiger partial charge in [-0.25, -0.2) is 9.97 Å². The zero-order valence-electron chi connectivity index (χ0n) is 8.84. The lowest BCUT2D eigenvalue weighted by molar-refractivity contribution is 0.102. The van der Waals surface area contributed by atoms with E-state index in [0.29, 0.717) is 11.3 Å². The van der Waals surface area contributed by atoms with Crippen molar-refractivity contribution in [3.05, 3.63) is 54.1 Å². The Labute approximate surface area is 93.4 Å². The summed E-state index contributed by atoms with van der Waals surface area (Å²) < 4.78 is 0. The van der Waals surface area contributed by atoms with Crippen LogP contribution in [0.5, 0.6) is 0 Å². The first kappa shape index (κ1) is 10.3. The Bertz CT molecular complexity index is 497. The van der Waals surface area contributed by atoms with Gasteiger partial charge in [-0.1, -0.05) is 17.7 Å². The van der Waals surface area contributed by atoms with Crippen molar-refractivity contribution in [2.75, 3.05) is 5.32 Å². The molecule has 1 aromatic heterocycles. The smallest absolute Gasteiger partial charge is 0.255 e. The SMILES string of the molecule is Cc1cccc(C(=O)Nc2cncnc2)c1. The van der Waals surface area contributed by atoms with E-state index in [1.807, 2.05) is 25.1 Å². The van der Waals surface area contributed by atoms with Gasteiger partial charge in [-0.2, -0.15) is 0 Å². The zero-order chi connectivity index (χ0) is 11.4. The van der Waals surface area contributed by atoms with Crippen LogP contribution in [-0.4, -0.2) is 15.9 Å². The zero-order valence-corrected chi connectivity index (χ0v) is 8.84. The lowest BCUT2D eigenvalue weighted by atomic mass is 10.1. The number of anilines is 1. The Balaban J connectivity index is 2.15. The maximum atomic E-state index is 11.8. The number of hydrogen-bond acceptors (Lipinski definition) is 3. The Kier molecular flexibility index (Phi) is 2.91. The summed E-state index contributed by atoms with van der Waals surface area (Å²) in [6.07, 6.45) is 4.53. The summed E-state index contributed by atoms with van der Waals surface area (Å²) in [6, 6.07) is 7.40. The number of carbonyl (C=O) groups is 1. The summed E-state index contributed by atoms with van der Waals surface area (Å²) in [5.74, 6) is -0.154. The highest BCUT2D eigenvalue weighted by Gasteiger charge is 2.05. The van der Waals surface area contributed by atoms with Crippen LogP contribution in [0.2, 0.25) is 0 Å². The number of nitrogens with zero attached hydrogens (tertiary/aromatic N) is 2. The molecule has 0 spiro atoms. The van der Waals surface area contributed by atoms with Crippen molar-refractivity contribution in [1.29, 1.82) is 0 Å². The lowest BCUT2D eigenvalue weighted by Gasteiger charge is -2.04. The molecule has 2 aromatic rings. The van der Waals surface area contributed by atoms with Gasteiger partial charge in [-0.05, 0) is 19.1 Å². The van der Waals surface area contributed by atoms with E-state index in [4.69, 9.17) is 0 Å². The highest BCUT2D eigenvalue weighted by atomic mass is 16.1. The highest BCUT2D eigenvalue weighted by Crippen LogP contribution is 2.07. The fourth-order valence-electron chi connectivity index (χ4n) is 1.35. The third-order valence-electron chi connectivity index (χ3n) is 2.10. The average Bonchev–Trinajstić information content (AvgIpc) is 2.30. The molecule has 0 radical (unpaired) electrons. The number of nitrogens with one attached hydrogen (secondary N) is 1. The van der Waals surface area contributed by atoms with Crippen LogP contribution in [0.15, 0.2) is 43.0 Å². The number of aryl methyl sites for hydroxylation is 1. The average molecular weight is 213 g/mol. The largest absolute Gasteiger partial charge is 0.319 e. The van der Waals surface area contributed by atoms with E-state index in [1.54, 1.807) is 18.5 Å². The van der Waals surface area contributed by atoms with Gasteiger partial charge >= 0.3 is 0 Å². The van der Waals surface area contributed by atoms with Crippen LogP contribution in [-0.2, 0) is 0 Å². The maximum absolute atomic E-state index is 11.8. The molecular formula is C12H11N3O. The van der Waals surface area contributed by atoms with Crippen molar-refractivity contribution in [2.24, 2.45) is 0 Å². The highest BCUT2D eigenvalue weighted by molar-refractivity contribution is 6.04. The minimum Gasteiger partial charge on any atom is -0.319 e. The first-order chi connectivity index (χ1) is 7.75. The molecule has 4 heteroatoms. The predicted molar refractivity (Wildman–Crippen MR) is 61.2 cm³/mol. The molecule has 4 nitrogen and oxygen atoms in total. The van der Waals surface area contributed by atoms with Crippen LogP contribution in [0.1, 0.15) is 15.9 Å². The number of carbonyl (C=O) groups excluding carboxylic acids is 1. The molecule has 0 bridgehead atoms. The molecule has 0 aliphatic heterocycles. The summed E-state index contributed by atoms with van der Waals surface area (Å²) in [5.41, 5.74) is 2.27. The van der Waals surface area contributed by atoms with Crippen LogP contribution in [0, 0.1) is 6.92 Å². The molecule has 1 amide bonds. The van der Waals surface area contributed by atoms with Crippen molar-refractivity contribution >= 4 is 11.6 Å². The van der Waals surface area contributed by atoms with E-state index in [1.165, 1.54) is 6.33 Å². The number of amides is 1. The van der Waals surface area contributed by atoms with Crippen LogP contribution >= 0.6 is 0 Å². The summed E-state index contributed by atoms with van der Waals surface area (Å²) in [7, 11) is 0. The normalized spacial score (nSPS) is 9.81. The summed E-state index contributed by atoms with van der Waals surface area (Å²) >= 11 is 0. The van der Waals surface area contributed by atoms with E-state index in [2.05, 4.69) is 15.3 Å². The third-order valence-corrected chi connectivity index (χ3v) is 2.10. The van der Waals surface area contributed by atoms with Gasteiger partial charge in [0.15, 0.2) is 0 Å². The molecule has 1 N–H and O–H groups in total. The van der Waals surface area contributed by atoms with Gasteiger partial charge < -0.3 is 5.32 Å². The summed E-state index contributed by atoms with van der Waals surface area (Å²) in [6.45, 7) is 1.95. The van der Waals surface area contributed by atoms with Crippen molar-refractivity contribution in [1.82, 2.24) is 9.97 Å². The van der Waals surface area contributed by atoms with Gasteiger partial charge in [0.1, 0.15) is 6.33 Å². The van der Waals surface area contributed by atoms with Gasteiger partial charge in [0.05, 0.1) is 18.1 Å². The van der Waals surface area contributed by atoms with Crippen LogP contribution in [0.3, 0.4) is 0 Å². The van der Waals surface area contributed by atoms with Gasteiger partial charge in [0.25, 0.3) is 5.91 Å². The second kappa shape index (κ2) is 4.53. The molecule has 0 unspecified atom stereocenters. The Hall–Kier alpha value is -2.23. The first-order valence-corrected chi connectivity index (χ1v) is 4.89. The van der Waals surface area contributed by atoms with E-state index in [0.717, 1.165) is 5.56 Å². The monoisotopic (exact) mass is 213 g/mol. The molecular weight excluding hydrogens is 202 g/mol. The van der Waals surface area contributed by atoms with Gasteiger partial charge in [0, 0.05) is 5.56 Å². The number of benzene rings is 1. The second-order valence-corrected chi connectivity index (χ2v) is 3.45. The molecule has 0 aliphatic carbocycles. The molecule has 0 saturated carbocycles. The number of rotatable bonds is 2. The number of aromatic nitrogens is 2. The fraction of sp³-hybridized carbons (Fsp3) is 0.0833. The first-order valence-electron chi connectivity index (χ1n) is 4.89. The molecule has 2 rings (SSSR count). The van der Waals surface area contributed by atoms with Crippen molar-refractivity contribution in [2.45, 2.75) is 6.92 Å². The van der Waals surface area contributed by atoms with Crippen molar-refractivity contribution in [3.63, 3.8) is 0 Å². The fourth-order valence-corrected chi connectivity index (χ4v) is 1.35. The summed E-state index contributed by atoms with van der Waals surface area (Å²) in [4.78, 5) is 19.4. The molecule has 0 saturated heterocycles. The Morgan fingerprint density at radius 2 is 2.00 bits per heavy atom. The summed E-state index contributed by atoms with van der Waals surface area (Å²) in [5, 5.41) is 2.72. The molecule has 0 atom stereocenters. The van der Waals surface area contributed by atoms with E-state index >= 15 is 0 Å². The van der Waals surface area contributed by atoms with Gasteiger partial charge in [-0.3, -0.25) is 4.79 Å². The predicted octanol–water partition coefficient (Wildman–Crippen LogP) is 2.04. The van der Waals surface area contributed by atoms with Crippen molar-refractivity contribution in [3.8, 4) is 0 Å². The molecule has 16 heavy (non-hydrogen) atoms. The van der Waals surface area contributed by atoms with Crippen LogP contribution < -0.4 is 5.32 Å². The van der Waals surface area contributed by atoms with Crippen LogP contribution in [0.25, 0.3) is 0 Å². The molecule has 0 aliphatic rings. The molecule has 1 aromatic carbocycles.